The zero-order chi connectivity index (χ0) is 14.5. The fraction of sp³-hybridized carbons (Fsp3) is 0.467. The van der Waals surface area contributed by atoms with Gasteiger partial charge in [0.2, 0.25) is 5.91 Å². The van der Waals surface area contributed by atoms with Gasteiger partial charge in [-0.15, -0.1) is 11.8 Å². The van der Waals surface area contributed by atoms with Gasteiger partial charge in [0.1, 0.15) is 6.04 Å². The van der Waals surface area contributed by atoms with E-state index in [0.29, 0.717) is 12.2 Å². The van der Waals surface area contributed by atoms with E-state index in [9.17, 15) is 9.59 Å². The Morgan fingerprint density at radius 2 is 2.00 bits per heavy atom. The second-order valence-corrected chi connectivity index (χ2v) is 6.30. The van der Waals surface area contributed by atoms with Gasteiger partial charge in [-0.3, -0.25) is 4.79 Å². The number of rotatable bonds is 7. The Hall–Kier alpha value is -1.49. The van der Waals surface area contributed by atoms with E-state index in [1.165, 1.54) is 5.56 Å². The van der Waals surface area contributed by atoms with Crippen molar-refractivity contribution >= 4 is 23.6 Å². The van der Waals surface area contributed by atoms with Crippen molar-refractivity contribution in [3.8, 4) is 0 Å². The van der Waals surface area contributed by atoms with Crippen LogP contribution in [-0.4, -0.2) is 28.8 Å². The Balaban J connectivity index is 1.72. The summed E-state index contributed by atoms with van der Waals surface area (Å²) in [6.07, 6.45) is 2.14. The molecule has 5 heteroatoms. The van der Waals surface area contributed by atoms with Crippen LogP contribution in [0.5, 0.6) is 0 Å². The van der Waals surface area contributed by atoms with Gasteiger partial charge in [0.25, 0.3) is 0 Å². The highest BCUT2D eigenvalue weighted by molar-refractivity contribution is 7.99. The number of aliphatic carboxylic acids is 1. The second-order valence-electron chi connectivity index (χ2n) is 5.13. The van der Waals surface area contributed by atoms with Crippen molar-refractivity contribution in [1.82, 2.24) is 5.32 Å². The number of benzene rings is 1. The second kappa shape index (κ2) is 6.79. The molecule has 1 fully saturated rings. The van der Waals surface area contributed by atoms with Crippen LogP contribution >= 0.6 is 11.8 Å². The van der Waals surface area contributed by atoms with Crippen molar-refractivity contribution < 1.29 is 14.7 Å². The summed E-state index contributed by atoms with van der Waals surface area (Å²) in [6, 6.07) is 7.43. The molecule has 1 aromatic carbocycles. The third-order valence-electron chi connectivity index (χ3n) is 3.29. The van der Waals surface area contributed by atoms with Gasteiger partial charge in [-0.05, 0) is 37.8 Å². The average molecular weight is 293 g/mol. The summed E-state index contributed by atoms with van der Waals surface area (Å²) in [7, 11) is 0. The minimum Gasteiger partial charge on any atom is -0.480 e. The van der Waals surface area contributed by atoms with Crippen molar-refractivity contribution in [2.45, 2.75) is 37.1 Å². The third kappa shape index (κ3) is 4.56. The van der Waals surface area contributed by atoms with Gasteiger partial charge >= 0.3 is 5.97 Å². The summed E-state index contributed by atoms with van der Waals surface area (Å²) >= 11 is 1.61. The molecule has 1 unspecified atom stereocenters. The van der Waals surface area contributed by atoms with Gasteiger partial charge in [-0.25, -0.2) is 4.79 Å². The van der Waals surface area contributed by atoms with Gasteiger partial charge in [-0.1, -0.05) is 17.7 Å². The Labute approximate surface area is 123 Å². The molecule has 0 heterocycles. The summed E-state index contributed by atoms with van der Waals surface area (Å²) in [5, 5.41) is 11.7. The molecule has 1 aliphatic rings. The lowest BCUT2D eigenvalue weighted by Crippen LogP contribution is -2.42. The van der Waals surface area contributed by atoms with Crippen molar-refractivity contribution in [2.75, 3.05) is 5.75 Å². The summed E-state index contributed by atoms with van der Waals surface area (Å²) in [4.78, 5) is 23.9. The zero-order valence-corrected chi connectivity index (χ0v) is 12.3. The highest BCUT2D eigenvalue weighted by atomic mass is 32.2. The van der Waals surface area contributed by atoms with Crippen LogP contribution < -0.4 is 5.32 Å². The minimum absolute atomic E-state index is 0.126. The molecule has 1 aliphatic carbocycles. The number of aryl methyl sites for hydroxylation is 1. The van der Waals surface area contributed by atoms with E-state index in [-0.39, 0.29) is 11.8 Å². The molecule has 1 atom stereocenters. The number of nitrogens with one attached hydrogen (secondary N) is 1. The maximum absolute atomic E-state index is 11.7. The fourth-order valence-corrected chi connectivity index (χ4v) is 2.80. The highest BCUT2D eigenvalue weighted by Gasteiger charge is 2.37. The molecule has 0 saturated heterocycles. The molecule has 0 aromatic heterocycles. The normalized spacial score (nSPS) is 15.7. The van der Waals surface area contributed by atoms with Gasteiger partial charge in [-0.2, -0.15) is 0 Å². The van der Waals surface area contributed by atoms with Crippen molar-refractivity contribution in [2.24, 2.45) is 5.92 Å². The summed E-state index contributed by atoms with van der Waals surface area (Å²) in [6.45, 7) is 2.03. The molecule has 0 spiro atoms. The molecule has 2 N–H and O–H groups in total. The predicted octanol–water partition coefficient (Wildman–Crippen LogP) is 2.46. The third-order valence-corrected chi connectivity index (χ3v) is 4.31. The molecule has 2 rings (SSSR count). The number of hydrogen-bond acceptors (Lipinski definition) is 3. The first kappa shape index (κ1) is 14.9. The van der Waals surface area contributed by atoms with Gasteiger partial charge in [0.15, 0.2) is 0 Å². The van der Waals surface area contributed by atoms with E-state index < -0.39 is 12.0 Å². The monoisotopic (exact) mass is 293 g/mol. The highest BCUT2D eigenvalue weighted by Crippen LogP contribution is 2.32. The molecular formula is C15H19NO3S. The standard InChI is InChI=1S/C15H19NO3S/c1-10-2-6-12(7-3-10)20-9-8-13(17)16-14(15(18)19)11-4-5-11/h2-3,6-7,11,14H,4-5,8-9H2,1H3,(H,16,17)(H,18,19). The Morgan fingerprint density at radius 3 is 2.55 bits per heavy atom. The van der Waals surface area contributed by atoms with Crippen LogP contribution in [0.4, 0.5) is 0 Å². The Kier molecular flexibility index (Phi) is 5.06. The van der Waals surface area contributed by atoms with Crippen molar-refractivity contribution in [1.29, 1.82) is 0 Å². The topological polar surface area (TPSA) is 66.4 Å². The molecule has 4 nitrogen and oxygen atoms in total. The van der Waals surface area contributed by atoms with Crippen LogP contribution in [0.1, 0.15) is 24.8 Å². The average Bonchev–Trinajstić information content (AvgIpc) is 3.22. The number of amides is 1. The SMILES string of the molecule is Cc1ccc(SCCC(=O)NC(C(=O)O)C2CC2)cc1. The molecule has 20 heavy (non-hydrogen) atoms. The summed E-state index contributed by atoms with van der Waals surface area (Å²) < 4.78 is 0. The van der Waals surface area contributed by atoms with E-state index in [1.807, 2.05) is 31.2 Å². The minimum atomic E-state index is -0.924. The van der Waals surface area contributed by atoms with E-state index in [1.54, 1.807) is 11.8 Å². The molecule has 108 valence electrons. The smallest absolute Gasteiger partial charge is 0.326 e. The molecule has 1 saturated carbocycles. The van der Waals surface area contributed by atoms with Crippen LogP contribution in [0.25, 0.3) is 0 Å². The number of thioether (sulfide) groups is 1. The lowest BCUT2D eigenvalue weighted by Gasteiger charge is -2.13. The van der Waals surface area contributed by atoms with Crippen LogP contribution in [0.2, 0.25) is 0 Å². The predicted molar refractivity (Wildman–Crippen MR) is 78.8 cm³/mol. The maximum atomic E-state index is 11.7. The largest absolute Gasteiger partial charge is 0.480 e. The van der Waals surface area contributed by atoms with Gasteiger partial charge < -0.3 is 10.4 Å². The first-order valence-electron chi connectivity index (χ1n) is 6.78. The Morgan fingerprint density at radius 1 is 1.35 bits per heavy atom. The first-order valence-corrected chi connectivity index (χ1v) is 7.76. The maximum Gasteiger partial charge on any atom is 0.326 e. The molecule has 0 bridgehead atoms. The number of carbonyl (C=O) groups is 2. The van der Waals surface area contributed by atoms with Crippen molar-refractivity contribution in [3.05, 3.63) is 29.8 Å². The van der Waals surface area contributed by atoms with E-state index in [4.69, 9.17) is 5.11 Å². The number of carboxylic acid groups (broad SMARTS) is 1. The van der Waals surface area contributed by atoms with Gasteiger partial charge in [0, 0.05) is 17.1 Å². The number of hydrogen-bond donors (Lipinski definition) is 2. The fourth-order valence-electron chi connectivity index (χ4n) is 1.95. The van der Waals surface area contributed by atoms with Crippen LogP contribution in [0.3, 0.4) is 0 Å². The molecular weight excluding hydrogens is 274 g/mol. The lowest BCUT2D eigenvalue weighted by molar-refractivity contribution is -0.142. The first-order chi connectivity index (χ1) is 9.56. The molecule has 0 aliphatic heterocycles. The van der Waals surface area contributed by atoms with Crippen LogP contribution in [0.15, 0.2) is 29.2 Å². The zero-order valence-electron chi connectivity index (χ0n) is 11.5. The summed E-state index contributed by atoms with van der Waals surface area (Å²) in [5.74, 6) is -0.316. The van der Waals surface area contributed by atoms with E-state index >= 15 is 0 Å². The number of carboxylic acids is 1. The van der Waals surface area contributed by atoms with Gasteiger partial charge in [0.05, 0.1) is 0 Å². The number of carbonyl (C=O) groups excluding carboxylic acids is 1. The van der Waals surface area contributed by atoms with E-state index in [0.717, 1.165) is 17.7 Å². The van der Waals surface area contributed by atoms with E-state index in [2.05, 4.69) is 5.32 Å². The molecule has 0 radical (unpaired) electrons. The molecule has 1 amide bonds. The van der Waals surface area contributed by atoms with Crippen molar-refractivity contribution in [3.63, 3.8) is 0 Å². The van der Waals surface area contributed by atoms with Crippen LogP contribution in [0, 0.1) is 12.8 Å². The summed E-state index contributed by atoms with van der Waals surface area (Å²) in [5.41, 5.74) is 1.21. The van der Waals surface area contributed by atoms with Crippen LogP contribution in [-0.2, 0) is 9.59 Å². The Bertz CT molecular complexity index is 482. The quantitative estimate of drug-likeness (QED) is 0.758. The lowest BCUT2D eigenvalue weighted by atomic mass is 10.2. The molecule has 1 aromatic rings.